The number of benzene rings is 4. The highest BCUT2D eigenvalue weighted by atomic mass is 16.8. The number of ketones is 1. The SMILES string of the molecule is CC(=O)O[C@H]1C(=O)[C@@]2(C)[C@H]([C@H](OC(=O)c3ccccc3)[C@]3(O)C[C@H](OC(=O)[C@H](OC(=O)OCc4ccc(OC(=O)OCOC(=O)CCC(=O)O[C@H]5CC[C@@]6(C)C(=CC[C@H]7[C@@H]8CC[C@H]([C@H](C)CCCC(C)C)[C@@]8(C)CC[C@@H]76)C5)cc4)[C@@H](NC(=O)c4ccccc4)c4ccccc4)C(C)=C1C3(C)C)[C@]1(OC(C)=O)CO[C@@H]1C[C@@H]2O. The van der Waals surface area contributed by atoms with Gasteiger partial charge >= 0.3 is 48.1 Å². The number of esters is 6. The van der Waals surface area contributed by atoms with Gasteiger partial charge in [0.25, 0.3) is 5.91 Å². The molecule has 24 heteroatoms. The van der Waals surface area contributed by atoms with Crippen molar-refractivity contribution in [2.75, 3.05) is 13.4 Å². The molecule has 7 aliphatic carbocycles. The van der Waals surface area contributed by atoms with E-state index in [9.17, 15) is 48.6 Å². The van der Waals surface area contributed by atoms with Crippen molar-refractivity contribution in [3.63, 3.8) is 0 Å². The van der Waals surface area contributed by atoms with E-state index in [1.54, 1.807) is 66.7 Å². The first-order chi connectivity index (χ1) is 53.2. The van der Waals surface area contributed by atoms with Crippen molar-refractivity contribution in [1.29, 1.82) is 0 Å². The molecule has 1 saturated heterocycles. The van der Waals surface area contributed by atoms with Gasteiger partial charge in [0.2, 0.25) is 12.9 Å². The van der Waals surface area contributed by atoms with Gasteiger partial charge in [-0.25, -0.2) is 19.2 Å². The zero-order chi connectivity index (χ0) is 80.4. The molecule has 0 unspecified atom stereocenters. The van der Waals surface area contributed by atoms with E-state index in [0.717, 1.165) is 56.8 Å². The normalized spacial score (nSPS) is 31.4. The molecule has 8 aliphatic rings. The first kappa shape index (κ1) is 82.2. The molecule has 1 aliphatic heterocycles. The lowest BCUT2D eigenvalue weighted by molar-refractivity contribution is -0.346. The van der Waals surface area contributed by atoms with E-state index in [1.165, 1.54) is 127 Å². The van der Waals surface area contributed by atoms with Crippen molar-refractivity contribution >= 4 is 59.8 Å². The Labute approximate surface area is 654 Å². The first-order valence-electron chi connectivity index (χ1n) is 39.6. The van der Waals surface area contributed by atoms with Crippen LogP contribution < -0.4 is 10.1 Å². The third kappa shape index (κ3) is 16.3. The van der Waals surface area contributed by atoms with Gasteiger partial charge in [-0.15, -0.1) is 0 Å². The number of amides is 1. The summed E-state index contributed by atoms with van der Waals surface area (Å²) in [6.07, 6.45) is 0.0642. The molecular formula is C88H107NO23. The predicted molar refractivity (Wildman–Crippen MR) is 403 cm³/mol. The van der Waals surface area contributed by atoms with E-state index in [0.29, 0.717) is 29.2 Å². The average molecular weight is 1550 g/mol. The molecule has 24 nitrogen and oxygen atoms in total. The summed E-state index contributed by atoms with van der Waals surface area (Å²) >= 11 is 0. The second-order valence-electron chi connectivity index (χ2n) is 33.9. The molecule has 4 aromatic rings. The Morgan fingerprint density at radius 3 is 2.02 bits per heavy atom. The van der Waals surface area contributed by atoms with Crippen LogP contribution in [0.3, 0.4) is 0 Å². The maximum absolute atomic E-state index is 16.0. The molecule has 112 heavy (non-hydrogen) atoms. The number of hydrogen-bond donors (Lipinski definition) is 3. The highest BCUT2D eigenvalue weighted by Gasteiger charge is 2.78. The monoisotopic (exact) mass is 1550 g/mol. The Kier molecular flexibility index (Phi) is 24.5. The summed E-state index contributed by atoms with van der Waals surface area (Å²) in [7, 11) is 0. The summed E-state index contributed by atoms with van der Waals surface area (Å²) in [6.45, 7) is 18.5. The van der Waals surface area contributed by atoms with E-state index in [4.69, 9.17) is 52.1 Å². The molecule has 1 amide bonds. The lowest BCUT2D eigenvalue weighted by Gasteiger charge is -2.67. The molecule has 5 saturated carbocycles. The summed E-state index contributed by atoms with van der Waals surface area (Å²) in [5, 5.41) is 29.3. The molecule has 0 spiro atoms. The van der Waals surface area contributed by atoms with Crippen LogP contribution in [-0.2, 0) is 82.7 Å². The van der Waals surface area contributed by atoms with Gasteiger partial charge in [0.15, 0.2) is 17.5 Å². The largest absolute Gasteiger partial charge is 0.516 e. The number of aliphatic hydroxyl groups excluding tert-OH is 1. The summed E-state index contributed by atoms with van der Waals surface area (Å²) in [4.78, 5) is 140. The van der Waals surface area contributed by atoms with Crippen LogP contribution in [0.1, 0.15) is 210 Å². The van der Waals surface area contributed by atoms with Crippen LogP contribution in [0.2, 0.25) is 0 Å². The van der Waals surface area contributed by atoms with Crippen LogP contribution >= 0.6 is 0 Å². The van der Waals surface area contributed by atoms with Crippen LogP contribution in [0.4, 0.5) is 9.59 Å². The minimum Gasteiger partial charge on any atom is -0.462 e. The van der Waals surface area contributed by atoms with Gasteiger partial charge < -0.3 is 67.6 Å². The van der Waals surface area contributed by atoms with E-state index in [2.05, 4.69) is 46.0 Å². The number of ether oxygens (including phenoxy) is 11. The van der Waals surface area contributed by atoms with Crippen molar-refractivity contribution in [3.05, 3.63) is 160 Å². The minimum absolute atomic E-state index is 0.00426. The highest BCUT2D eigenvalue weighted by Crippen LogP contribution is 2.69. The molecule has 1 heterocycles. The Morgan fingerprint density at radius 1 is 0.696 bits per heavy atom. The highest BCUT2D eigenvalue weighted by molar-refractivity contribution is 5.96. The van der Waals surface area contributed by atoms with Gasteiger partial charge in [-0.3, -0.25) is 28.8 Å². The lowest BCUT2D eigenvalue weighted by Crippen LogP contribution is -2.82. The van der Waals surface area contributed by atoms with Crippen molar-refractivity contribution < 1.29 is 110 Å². The molecule has 2 bridgehead atoms. The van der Waals surface area contributed by atoms with Crippen molar-refractivity contribution in [2.24, 2.45) is 63.1 Å². The number of carbonyl (C=O) groups excluding carboxylic acids is 10. The third-order valence-electron chi connectivity index (χ3n) is 26.7. The molecule has 19 atom stereocenters. The van der Waals surface area contributed by atoms with Crippen LogP contribution in [0, 0.1) is 63.1 Å². The summed E-state index contributed by atoms with van der Waals surface area (Å²) in [6, 6.07) is 27.6. The molecule has 0 radical (unpaired) electrons. The molecule has 12 rings (SSSR count). The Bertz CT molecular complexity index is 4230. The van der Waals surface area contributed by atoms with E-state index >= 15 is 9.59 Å². The summed E-state index contributed by atoms with van der Waals surface area (Å²) in [5.41, 5.74) is -5.91. The molecule has 6 fully saturated rings. The number of fused-ring (bicyclic) bond motifs is 10. The fraction of sp³-hybridized carbons (Fsp3) is 0.568. The number of allylic oxidation sites excluding steroid dienone is 1. The number of rotatable bonds is 25. The van der Waals surface area contributed by atoms with Crippen LogP contribution in [0.5, 0.6) is 5.75 Å². The predicted octanol–water partition coefficient (Wildman–Crippen LogP) is 13.8. The van der Waals surface area contributed by atoms with Gasteiger partial charge in [-0.1, -0.05) is 158 Å². The Hall–Kier alpha value is -9.26. The molecule has 3 N–H and O–H groups in total. The fourth-order valence-corrected chi connectivity index (χ4v) is 20.8. The lowest BCUT2D eigenvalue weighted by atomic mass is 9.44. The molecule has 602 valence electrons. The van der Waals surface area contributed by atoms with Gasteiger partial charge in [0, 0.05) is 44.1 Å². The van der Waals surface area contributed by atoms with Crippen LogP contribution in [0.25, 0.3) is 0 Å². The van der Waals surface area contributed by atoms with Gasteiger partial charge in [-0.2, -0.15) is 0 Å². The number of aliphatic hydroxyl groups is 2. The first-order valence-corrected chi connectivity index (χ1v) is 39.6. The minimum atomic E-state index is -2.56. The number of Topliss-reactive ketones (excluding diaryl/α,β-unsaturated/α-hetero) is 1. The zero-order valence-corrected chi connectivity index (χ0v) is 65.9. The van der Waals surface area contributed by atoms with Crippen molar-refractivity contribution in [3.8, 4) is 5.75 Å². The quantitative estimate of drug-likeness (QED) is 0.0182. The van der Waals surface area contributed by atoms with E-state index in [1.807, 2.05) is 0 Å². The van der Waals surface area contributed by atoms with Crippen molar-refractivity contribution in [2.45, 2.75) is 239 Å². The molecular weight excluding hydrogens is 1440 g/mol. The van der Waals surface area contributed by atoms with E-state index < -0.39 is 157 Å². The zero-order valence-electron chi connectivity index (χ0n) is 65.9. The second kappa shape index (κ2) is 33.4. The number of hydrogen-bond acceptors (Lipinski definition) is 23. The van der Waals surface area contributed by atoms with E-state index in [-0.39, 0.29) is 64.4 Å². The second-order valence-corrected chi connectivity index (χ2v) is 33.9. The van der Waals surface area contributed by atoms with Crippen molar-refractivity contribution in [1.82, 2.24) is 5.32 Å². The topological polar surface area (TPSA) is 325 Å². The molecule has 4 aromatic carbocycles. The summed E-state index contributed by atoms with van der Waals surface area (Å²) < 4.78 is 64.0. The van der Waals surface area contributed by atoms with Gasteiger partial charge in [-0.05, 0) is 164 Å². The van der Waals surface area contributed by atoms with Crippen LogP contribution in [0.15, 0.2) is 138 Å². The summed E-state index contributed by atoms with van der Waals surface area (Å²) in [5.74, 6) is -4.50. The average Bonchev–Trinajstić information content (AvgIpc) is 0.746. The Morgan fingerprint density at radius 2 is 1.37 bits per heavy atom. The molecule has 0 aromatic heterocycles. The number of carbonyl (C=O) groups is 10. The maximum atomic E-state index is 16.0. The maximum Gasteiger partial charge on any atom is 0.516 e. The van der Waals surface area contributed by atoms with Gasteiger partial charge in [0.05, 0.1) is 42.4 Å². The standard InChI is InChI=1S/C88H107NO23/c1-50(2)22-21-23-51(3)63-36-37-64-62-35-32-59-44-61(40-42-84(59,9)65(62)41-43-85(63,64)10)107-70(94)39-38-69(93)104-49-105-82(100)108-60-33-30-55(31-34-60)47-102-81(99)110-74(72(56-24-15-12-16-25-56)89-78(96)57-26-17-13-18-27-57)80(98)109-66-46-88(101)77(111-79(97)58-28-19-14-20-29-58)75-86(11,67(92)45-68-87(75,48-103-68)112-54(6)91)76(95)73(106-53(5)90)71(52(66)4)83(88,7)8/h12-20,24-34,50-51,61-68,72-75,77,92,101H,21-23,35-49H2,1-11H3,(H,89,96)/t51-,61+,62+,63-,64+,65+,66+,67+,68-,72+,73-,74-,75+,77+,84+,85-,86-,87+,88-/m1/s1. The van der Waals surface area contributed by atoms with Crippen LogP contribution in [-0.4, -0.2) is 137 Å². The number of nitrogens with one attached hydrogen (secondary N) is 1. The smallest absolute Gasteiger partial charge is 0.462 e. The Balaban J connectivity index is 0.695. The fourth-order valence-electron chi connectivity index (χ4n) is 20.8. The third-order valence-corrected chi connectivity index (χ3v) is 26.7. The van der Waals surface area contributed by atoms with Gasteiger partial charge in [0.1, 0.15) is 48.4 Å².